The molecule has 0 N–H and O–H groups in total. The number of esters is 1. The lowest BCUT2D eigenvalue weighted by molar-refractivity contribution is -0.144. The van der Waals surface area contributed by atoms with Gasteiger partial charge in [-0.3, -0.25) is 9.59 Å². The third-order valence-electron chi connectivity index (χ3n) is 0.990. The fraction of sp³-hybridized carbons (Fsp3) is 0.667. The first kappa shape index (κ1) is 9.07. The third kappa shape index (κ3) is 3.17. The topological polar surface area (TPSA) is 43.4 Å². The number of hydrogen-bond donors (Lipinski definition) is 0. The van der Waals surface area contributed by atoms with Gasteiger partial charge in [-0.25, -0.2) is 4.39 Å². The maximum absolute atomic E-state index is 12.0. The molecule has 58 valence electrons. The van der Waals surface area contributed by atoms with E-state index in [1.54, 1.807) is 0 Å². The van der Waals surface area contributed by atoms with E-state index in [0.717, 1.165) is 14.0 Å². The summed E-state index contributed by atoms with van der Waals surface area (Å²) in [5.74, 6) is -1.44. The van der Waals surface area contributed by atoms with Crippen molar-refractivity contribution in [1.82, 2.24) is 0 Å². The molecule has 0 amide bonds. The minimum atomic E-state index is -1.58. The Morgan fingerprint density at radius 2 is 2.10 bits per heavy atom. The standard InChI is InChI=1S/C6H9FO3/c1-4(7)5(8)3-6(9)10-2/h4H,3H2,1-2H3. The molecule has 0 spiro atoms. The van der Waals surface area contributed by atoms with Crippen molar-refractivity contribution < 1.29 is 18.7 Å². The zero-order chi connectivity index (χ0) is 8.15. The van der Waals surface area contributed by atoms with Crippen molar-refractivity contribution in [2.24, 2.45) is 0 Å². The number of alkyl halides is 1. The first-order valence-corrected chi connectivity index (χ1v) is 2.81. The predicted molar refractivity (Wildman–Crippen MR) is 32.2 cm³/mol. The Bertz CT molecular complexity index is 142. The molecule has 0 aromatic carbocycles. The van der Waals surface area contributed by atoms with Gasteiger partial charge < -0.3 is 4.74 Å². The Hall–Kier alpha value is -0.930. The highest BCUT2D eigenvalue weighted by Crippen LogP contribution is 1.96. The smallest absolute Gasteiger partial charge is 0.313 e. The fourth-order valence-corrected chi connectivity index (χ4v) is 0.355. The third-order valence-corrected chi connectivity index (χ3v) is 0.990. The number of ether oxygens (including phenoxy) is 1. The van der Waals surface area contributed by atoms with Crippen LogP contribution < -0.4 is 0 Å². The molecule has 1 atom stereocenters. The summed E-state index contributed by atoms with van der Waals surface area (Å²) in [5, 5.41) is 0. The molecule has 0 heterocycles. The number of carbonyl (C=O) groups excluding carboxylic acids is 2. The fourth-order valence-electron chi connectivity index (χ4n) is 0.355. The molecule has 4 heteroatoms. The van der Waals surface area contributed by atoms with Gasteiger partial charge in [0.25, 0.3) is 0 Å². The highest BCUT2D eigenvalue weighted by molar-refractivity contribution is 5.97. The van der Waals surface area contributed by atoms with Gasteiger partial charge in [-0.15, -0.1) is 0 Å². The molecule has 0 aliphatic heterocycles. The minimum Gasteiger partial charge on any atom is -0.469 e. The Labute approximate surface area is 58.2 Å². The molecule has 0 aliphatic rings. The molecule has 0 saturated heterocycles. The van der Waals surface area contributed by atoms with Gasteiger partial charge in [0, 0.05) is 0 Å². The zero-order valence-electron chi connectivity index (χ0n) is 5.89. The maximum atomic E-state index is 12.0. The molecule has 0 saturated carbocycles. The lowest BCUT2D eigenvalue weighted by Crippen LogP contribution is -2.16. The van der Waals surface area contributed by atoms with Gasteiger partial charge in [-0.1, -0.05) is 0 Å². The molecule has 0 aromatic heterocycles. The summed E-state index contributed by atoms with van der Waals surface area (Å²) in [5.41, 5.74) is 0. The molecule has 0 rings (SSSR count). The van der Waals surface area contributed by atoms with E-state index in [2.05, 4.69) is 4.74 Å². The molecule has 0 fully saturated rings. The molecule has 10 heavy (non-hydrogen) atoms. The minimum absolute atomic E-state index is 0.478. The lowest BCUT2D eigenvalue weighted by Gasteiger charge is -1.98. The number of carbonyl (C=O) groups is 2. The zero-order valence-corrected chi connectivity index (χ0v) is 5.89. The van der Waals surface area contributed by atoms with E-state index in [9.17, 15) is 14.0 Å². The van der Waals surface area contributed by atoms with Crippen LogP contribution >= 0.6 is 0 Å². The van der Waals surface area contributed by atoms with Gasteiger partial charge in [-0.05, 0) is 6.92 Å². The summed E-state index contributed by atoms with van der Waals surface area (Å²) in [4.78, 5) is 20.8. The number of ketones is 1. The molecule has 0 bridgehead atoms. The van der Waals surface area contributed by atoms with Crippen LogP contribution in [0.25, 0.3) is 0 Å². The van der Waals surface area contributed by atoms with Crippen LogP contribution in [0.15, 0.2) is 0 Å². The largest absolute Gasteiger partial charge is 0.469 e. The number of methoxy groups -OCH3 is 1. The number of Topliss-reactive ketones (excluding diaryl/α,β-unsaturated/α-hetero) is 1. The van der Waals surface area contributed by atoms with Crippen LogP contribution in [0.3, 0.4) is 0 Å². The summed E-state index contributed by atoms with van der Waals surface area (Å²) in [6.07, 6.45) is -2.06. The number of halogens is 1. The maximum Gasteiger partial charge on any atom is 0.313 e. The Balaban J connectivity index is 3.69. The normalized spacial score (nSPS) is 12.3. The molecule has 0 aromatic rings. The van der Waals surface area contributed by atoms with Crippen molar-refractivity contribution in [1.29, 1.82) is 0 Å². The van der Waals surface area contributed by atoms with E-state index in [1.165, 1.54) is 0 Å². The molecule has 3 nitrogen and oxygen atoms in total. The summed E-state index contributed by atoms with van der Waals surface area (Å²) in [6.45, 7) is 1.09. The van der Waals surface area contributed by atoms with Crippen LogP contribution in [-0.4, -0.2) is 25.0 Å². The first-order valence-electron chi connectivity index (χ1n) is 2.81. The second-order valence-electron chi connectivity index (χ2n) is 1.84. The highest BCUT2D eigenvalue weighted by Gasteiger charge is 2.15. The van der Waals surface area contributed by atoms with Crippen molar-refractivity contribution in [3.8, 4) is 0 Å². The average molecular weight is 148 g/mol. The van der Waals surface area contributed by atoms with Gasteiger partial charge in [0.1, 0.15) is 6.42 Å². The SMILES string of the molecule is COC(=O)CC(=O)C(C)F. The monoisotopic (exact) mass is 148 g/mol. The van der Waals surface area contributed by atoms with Crippen LogP contribution in [-0.2, 0) is 14.3 Å². The second kappa shape index (κ2) is 3.98. The molecular weight excluding hydrogens is 139 g/mol. The van der Waals surface area contributed by atoms with Gasteiger partial charge >= 0.3 is 5.97 Å². The van der Waals surface area contributed by atoms with Crippen molar-refractivity contribution >= 4 is 11.8 Å². The Kier molecular flexibility index (Phi) is 3.61. The van der Waals surface area contributed by atoms with Crippen molar-refractivity contribution in [2.75, 3.05) is 7.11 Å². The quantitative estimate of drug-likeness (QED) is 0.431. The van der Waals surface area contributed by atoms with Gasteiger partial charge in [-0.2, -0.15) is 0 Å². The molecule has 0 radical (unpaired) electrons. The second-order valence-corrected chi connectivity index (χ2v) is 1.84. The average Bonchev–Trinajstić information content (AvgIpc) is 1.87. The first-order chi connectivity index (χ1) is 4.57. The van der Waals surface area contributed by atoms with Crippen LogP contribution in [0.4, 0.5) is 4.39 Å². The lowest BCUT2D eigenvalue weighted by atomic mass is 10.2. The van der Waals surface area contributed by atoms with E-state index in [0.29, 0.717) is 0 Å². The molecular formula is C6H9FO3. The summed E-state index contributed by atoms with van der Waals surface area (Å²) < 4.78 is 16.2. The van der Waals surface area contributed by atoms with Gasteiger partial charge in [0.05, 0.1) is 7.11 Å². The van der Waals surface area contributed by atoms with Crippen LogP contribution in [0.5, 0.6) is 0 Å². The number of hydrogen-bond acceptors (Lipinski definition) is 3. The van der Waals surface area contributed by atoms with Crippen LogP contribution in [0, 0.1) is 0 Å². The van der Waals surface area contributed by atoms with E-state index in [-0.39, 0.29) is 0 Å². The van der Waals surface area contributed by atoms with Crippen LogP contribution in [0.1, 0.15) is 13.3 Å². The summed E-state index contributed by atoms with van der Waals surface area (Å²) >= 11 is 0. The van der Waals surface area contributed by atoms with E-state index < -0.39 is 24.3 Å². The van der Waals surface area contributed by atoms with Crippen LogP contribution in [0.2, 0.25) is 0 Å². The van der Waals surface area contributed by atoms with E-state index in [4.69, 9.17) is 0 Å². The Morgan fingerprint density at radius 1 is 1.60 bits per heavy atom. The van der Waals surface area contributed by atoms with Gasteiger partial charge in [0.15, 0.2) is 12.0 Å². The van der Waals surface area contributed by atoms with Crippen molar-refractivity contribution in [2.45, 2.75) is 19.5 Å². The van der Waals surface area contributed by atoms with E-state index in [1.807, 2.05) is 0 Å². The van der Waals surface area contributed by atoms with Gasteiger partial charge in [0.2, 0.25) is 0 Å². The summed E-state index contributed by atoms with van der Waals surface area (Å²) in [6, 6.07) is 0. The molecule has 1 unspecified atom stereocenters. The molecule has 0 aliphatic carbocycles. The van der Waals surface area contributed by atoms with E-state index >= 15 is 0 Å². The summed E-state index contributed by atoms with van der Waals surface area (Å²) in [7, 11) is 1.15. The Morgan fingerprint density at radius 3 is 2.40 bits per heavy atom. The predicted octanol–water partition coefficient (Wildman–Crippen LogP) is 0.477. The van der Waals surface area contributed by atoms with Crippen molar-refractivity contribution in [3.05, 3.63) is 0 Å². The van der Waals surface area contributed by atoms with Crippen molar-refractivity contribution in [3.63, 3.8) is 0 Å². The number of rotatable bonds is 3. The highest BCUT2D eigenvalue weighted by atomic mass is 19.1.